The first kappa shape index (κ1) is 17.4. The van der Waals surface area contributed by atoms with Crippen molar-refractivity contribution in [3.63, 3.8) is 0 Å². The summed E-state index contributed by atoms with van der Waals surface area (Å²) in [7, 11) is 1.59. The zero-order chi connectivity index (χ0) is 17.5. The van der Waals surface area contributed by atoms with E-state index in [1.165, 1.54) is 19.3 Å². The summed E-state index contributed by atoms with van der Waals surface area (Å²) in [6.07, 6.45) is 1.85. The van der Waals surface area contributed by atoms with Crippen LogP contribution in [0.2, 0.25) is 0 Å². The zero-order valence-electron chi connectivity index (χ0n) is 13.8. The second-order valence-electron chi connectivity index (χ2n) is 5.16. The summed E-state index contributed by atoms with van der Waals surface area (Å²) in [6.45, 7) is 3.59. The third-order valence-electron chi connectivity index (χ3n) is 3.27. The summed E-state index contributed by atoms with van der Waals surface area (Å²) in [5.74, 6) is -0.333. The van der Waals surface area contributed by atoms with E-state index in [0.717, 1.165) is 11.3 Å². The number of hydrogen-bond donors (Lipinski definition) is 1. The Morgan fingerprint density at radius 2 is 1.88 bits per heavy atom. The molecule has 0 aliphatic rings. The van der Waals surface area contributed by atoms with Gasteiger partial charge < -0.3 is 14.8 Å². The number of nitrogens with zero attached hydrogens (tertiary/aromatic N) is 2. The Labute approximate surface area is 140 Å². The molecule has 0 saturated carbocycles. The van der Waals surface area contributed by atoms with Crippen molar-refractivity contribution in [2.75, 3.05) is 7.11 Å². The lowest BCUT2D eigenvalue weighted by atomic mass is 10.2. The fourth-order valence-corrected chi connectivity index (χ4v) is 1.85. The molecule has 0 bridgehead atoms. The van der Waals surface area contributed by atoms with Crippen LogP contribution in [-0.2, 0) is 16.1 Å². The smallest absolute Gasteiger partial charge is 0.359 e. The first-order valence-corrected chi connectivity index (χ1v) is 7.40. The van der Waals surface area contributed by atoms with Crippen LogP contribution in [0.5, 0.6) is 5.75 Å². The van der Waals surface area contributed by atoms with Crippen LogP contribution in [0.25, 0.3) is 0 Å². The predicted molar refractivity (Wildman–Crippen MR) is 86.5 cm³/mol. The van der Waals surface area contributed by atoms with Gasteiger partial charge >= 0.3 is 5.97 Å². The van der Waals surface area contributed by atoms with Gasteiger partial charge in [-0.25, -0.2) is 9.78 Å². The first-order valence-electron chi connectivity index (χ1n) is 7.40. The first-order chi connectivity index (χ1) is 11.5. The highest BCUT2D eigenvalue weighted by Gasteiger charge is 2.19. The average Bonchev–Trinajstić information content (AvgIpc) is 2.60. The summed E-state index contributed by atoms with van der Waals surface area (Å²) < 4.78 is 10.2. The number of amides is 1. The third-order valence-corrected chi connectivity index (χ3v) is 3.27. The Kier molecular flexibility index (Phi) is 5.83. The highest BCUT2D eigenvalue weighted by Crippen LogP contribution is 2.11. The standard InChI is InChI=1S/C17H19N3O4/c1-11-8-19-15(10-18-11)17(22)24-12(2)16(21)20-9-13-4-6-14(23-3)7-5-13/h4-8,10,12H,9H2,1-3H3,(H,20,21). The normalized spacial score (nSPS) is 11.5. The van der Waals surface area contributed by atoms with Gasteiger partial charge in [-0.3, -0.25) is 9.78 Å². The molecule has 0 spiro atoms. The number of rotatable bonds is 6. The van der Waals surface area contributed by atoms with Gasteiger partial charge in [0, 0.05) is 12.7 Å². The maximum absolute atomic E-state index is 12.0. The number of ether oxygens (including phenoxy) is 2. The summed E-state index contributed by atoms with van der Waals surface area (Å²) in [4.78, 5) is 31.8. The highest BCUT2D eigenvalue weighted by atomic mass is 16.5. The molecule has 7 heteroatoms. The van der Waals surface area contributed by atoms with Gasteiger partial charge in [0.2, 0.25) is 0 Å². The lowest BCUT2D eigenvalue weighted by Gasteiger charge is -2.13. The van der Waals surface area contributed by atoms with Gasteiger partial charge in [0.15, 0.2) is 11.8 Å². The lowest BCUT2D eigenvalue weighted by molar-refractivity contribution is -0.129. The second kappa shape index (κ2) is 8.05. The van der Waals surface area contributed by atoms with E-state index < -0.39 is 12.1 Å². The molecule has 126 valence electrons. The molecule has 0 aliphatic carbocycles. The molecule has 1 unspecified atom stereocenters. The third kappa shape index (κ3) is 4.77. The molecule has 0 radical (unpaired) electrons. The van der Waals surface area contributed by atoms with E-state index in [2.05, 4.69) is 15.3 Å². The summed E-state index contributed by atoms with van der Waals surface area (Å²) >= 11 is 0. The van der Waals surface area contributed by atoms with E-state index >= 15 is 0 Å². The highest BCUT2D eigenvalue weighted by molar-refractivity contribution is 5.90. The zero-order valence-corrected chi connectivity index (χ0v) is 13.8. The van der Waals surface area contributed by atoms with Crippen LogP contribution in [0.3, 0.4) is 0 Å². The Balaban J connectivity index is 1.84. The van der Waals surface area contributed by atoms with Gasteiger partial charge in [-0.15, -0.1) is 0 Å². The van der Waals surface area contributed by atoms with Gasteiger partial charge in [-0.2, -0.15) is 0 Å². The van der Waals surface area contributed by atoms with Gasteiger partial charge in [-0.1, -0.05) is 12.1 Å². The Bertz CT molecular complexity index is 699. The number of benzene rings is 1. The van der Waals surface area contributed by atoms with E-state index in [4.69, 9.17) is 9.47 Å². The molecule has 2 aromatic rings. The van der Waals surface area contributed by atoms with E-state index in [0.29, 0.717) is 12.2 Å². The number of carbonyl (C=O) groups excluding carboxylic acids is 2. The van der Waals surface area contributed by atoms with Crippen molar-refractivity contribution in [1.29, 1.82) is 0 Å². The Hall–Kier alpha value is -2.96. The van der Waals surface area contributed by atoms with Crippen LogP contribution in [0.15, 0.2) is 36.7 Å². The number of esters is 1. The fraction of sp³-hybridized carbons (Fsp3) is 0.294. The van der Waals surface area contributed by atoms with Crippen LogP contribution in [0.4, 0.5) is 0 Å². The Morgan fingerprint density at radius 1 is 1.17 bits per heavy atom. The van der Waals surface area contributed by atoms with Crippen LogP contribution in [0, 0.1) is 6.92 Å². The van der Waals surface area contributed by atoms with Gasteiger partial charge in [-0.05, 0) is 31.5 Å². The molecule has 24 heavy (non-hydrogen) atoms. The second-order valence-corrected chi connectivity index (χ2v) is 5.16. The summed E-state index contributed by atoms with van der Waals surface area (Å²) in [6, 6.07) is 7.30. The topological polar surface area (TPSA) is 90.4 Å². The molecule has 0 saturated heterocycles. The maximum atomic E-state index is 12.0. The molecule has 1 N–H and O–H groups in total. The number of aromatic nitrogens is 2. The van der Waals surface area contributed by atoms with Crippen LogP contribution >= 0.6 is 0 Å². The SMILES string of the molecule is COc1ccc(CNC(=O)C(C)OC(=O)c2cnc(C)cn2)cc1. The van der Waals surface area contributed by atoms with E-state index in [1.807, 2.05) is 12.1 Å². The van der Waals surface area contributed by atoms with Crippen molar-refractivity contribution in [3.8, 4) is 5.75 Å². The number of hydrogen-bond acceptors (Lipinski definition) is 6. The Morgan fingerprint density at radius 3 is 2.46 bits per heavy atom. The monoisotopic (exact) mass is 329 g/mol. The largest absolute Gasteiger partial charge is 0.497 e. The minimum absolute atomic E-state index is 0.0652. The molecule has 1 aromatic heterocycles. The number of aryl methyl sites for hydroxylation is 1. The molecule has 1 atom stereocenters. The molecule has 1 amide bonds. The van der Waals surface area contributed by atoms with Crippen LogP contribution in [0.1, 0.15) is 28.7 Å². The van der Waals surface area contributed by atoms with E-state index in [-0.39, 0.29) is 11.6 Å². The van der Waals surface area contributed by atoms with Crippen LogP contribution in [-0.4, -0.2) is 35.1 Å². The molecule has 1 aromatic carbocycles. The van der Waals surface area contributed by atoms with E-state index in [9.17, 15) is 9.59 Å². The number of carbonyl (C=O) groups is 2. The van der Waals surface area contributed by atoms with Crippen molar-refractivity contribution >= 4 is 11.9 Å². The summed E-state index contributed by atoms with van der Waals surface area (Å²) in [5, 5.41) is 2.71. The summed E-state index contributed by atoms with van der Waals surface area (Å²) in [5.41, 5.74) is 1.67. The molecule has 0 aliphatic heterocycles. The molecular formula is C17H19N3O4. The quantitative estimate of drug-likeness (QED) is 0.811. The average molecular weight is 329 g/mol. The number of methoxy groups -OCH3 is 1. The van der Waals surface area contributed by atoms with Crippen molar-refractivity contribution in [2.45, 2.75) is 26.5 Å². The van der Waals surface area contributed by atoms with Crippen molar-refractivity contribution in [2.24, 2.45) is 0 Å². The van der Waals surface area contributed by atoms with Crippen molar-refractivity contribution in [1.82, 2.24) is 15.3 Å². The molecule has 0 fully saturated rings. The molecular weight excluding hydrogens is 310 g/mol. The fourth-order valence-electron chi connectivity index (χ4n) is 1.85. The minimum atomic E-state index is -0.932. The van der Waals surface area contributed by atoms with Crippen LogP contribution < -0.4 is 10.1 Å². The number of nitrogens with one attached hydrogen (secondary N) is 1. The van der Waals surface area contributed by atoms with Gasteiger partial charge in [0.05, 0.1) is 19.0 Å². The predicted octanol–water partition coefficient (Wildman–Crippen LogP) is 1.66. The van der Waals surface area contributed by atoms with Crippen molar-refractivity contribution in [3.05, 3.63) is 53.6 Å². The molecule has 7 nitrogen and oxygen atoms in total. The van der Waals surface area contributed by atoms with E-state index in [1.54, 1.807) is 26.2 Å². The van der Waals surface area contributed by atoms with Gasteiger partial charge in [0.25, 0.3) is 5.91 Å². The lowest BCUT2D eigenvalue weighted by Crippen LogP contribution is -2.35. The minimum Gasteiger partial charge on any atom is -0.497 e. The maximum Gasteiger partial charge on any atom is 0.359 e. The van der Waals surface area contributed by atoms with Crippen molar-refractivity contribution < 1.29 is 19.1 Å². The molecule has 2 rings (SSSR count). The van der Waals surface area contributed by atoms with Gasteiger partial charge in [0.1, 0.15) is 5.75 Å². The molecule has 1 heterocycles.